The first kappa shape index (κ1) is 57.3. The maximum atomic E-state index is 12.4. The first-order valence-electron chi connectivity index (χ1n) is 26.1. The largest absolute Gasteiger partial charge is 0.466 e. The number of allylic oxidation sites excluding steroid dienone is 4. The van der Waals surface area contributed by atoms with Crippen molar-refractivity contribution in [2.75, 3.05) is 13.2 Å². The lowest BCUT2D eigenvalue weighted by atomic mass is 10.0. The molecule has 0 aliphatic rings. The fourth-order valence-corrected chi connectivity index (χ4v) is 7.92. The number of esters is 1. The summed E-state index contributed by atoms with van der Waals surface area (Å²) in [7, 11) is 0. The maximum Gasteiger partial charge on any atom is 0.305 e. The number of unbranched alkanes of at least 4 members (excludes halogenated alkanes) is 33. The van der Waals surface area contributed by atoms with Crippen molar-refractivity contribution in [3.05, 3.63) is 24.3 Å². The van der Waals surface area contributed by atoms with Crippen LogP contribution in [0.1, 0.15) is 277 Å². The summed E-state index contributed by atoms with van der Waals surface area (Å²) in [5, 5.41) is 23.2. The molecule has 0 fully saturated rings. The van der Waals surface area contributed by atoms with Crippen molar-refractivity contribution in [2.45, 2.75) is 289 Å². The predicted molar refractivity (Wildman–Crippen MR) is 255 cm³/mol. The van der Waals surface area contributed by atoms with E-state index in [-0.39, 0.29) is 18.5 Å². The van der Waals surface area contributed by atoms with Crippen LogP contribution in [0, 0.1) is 0 Å². The van der Waals surface area contributed by atoms with Crippen LogP contribution in [0.25, 0.3) is 0 Å². The summed E-state index contributed by atoms with van der Waals surface area (Å²) in [6, 6.07) is -0.567. The van der Waals surface area contributed by atoms with Gasteiger partial charge in [-0.15, -0.1) is 0 Å². The molecule has 6 heteroatoms. The highest BCUT2D eigenvalue weighted by Crippen LogP contribution is 2.16. The summed E-state index contributed by atoms with van der Waals surface area (Å²) < 4.78 is 5.43. The quantitative estimate of drug-likeness (QED) is 0.0322. The molecule has 0 saturated heterocycles. The van der Waals surface area contributed by atoms with E-state index < -0.39 is 12.1 Å². The van der Waals surface area contributed by atoms with E-state index >= 15 is 0 Å². The normalized spacial score (nSPS) is 12.8. The molecule has 0 aromatic rings. The number of hydrogen-bond acceptors (Lipinski definition) is 5. The first-order valence-corrected chi connectivity index (χ1v) is 26.1. The molecular formula is C53H101NO5. The molecule has 2 atom stereocenters. The van der Waals surface area contributed by atoms with Gasteiger partial charge in [-0.3, -0.25) is 9.59 Å². The summed E-state index contributed by atoms with van der Waals surface area (Å²) >= 11 is 0. The zero-order chi connectivity index (χ0) is 43.0. The molecule has 0 aromatic carbocycles. The lowest BCUT2D eigenvalue weighted by Crippen LogP contribution is -2.45. The van der Waals surface area contributed by atoms with Crippen molar-refractivity contribution >= 4 is 11.9 Å². The maximum absolute atomic E-state index is 12.4. The van der Waals surface area contributed by atoms with E-state index in [2.05, 4.69) is 43.5 Å². The Morgan fingerprint density at radius 1 is 0.458 bits per heavy atom. The third-order valence-electron chi connectivity index (χ3n) is 12.0. The van der Waals surface area contributed by atoms with Crippen molar-refractivity contribution in [2.24, 2.45) is 0 Å². The third kappa shape index (κ3) is 45.7. The summed E-state index contributed by atoms with van der Waals surface area (Å²) in [4.78, 5) is 24.5. The van der Waals surface area contributed by atoms with Gasteiger partial charge in [0.25, 0.3) is 0 Å². The van der Waals surface area contributed by atoms with Crippen LogP contribution in [0.5, 0.6) is 0 Å². The Morgan fingerprint density at radius 2 is 0.797 bits per heavy atom. The summed E-state index contributed by atoms with van der Waals surface area (Å²) in [5.41, 5.74) is 0. The number of carbonyl (C=O) groups is 2. The zero-order valence-corrected chi connectivity index (χ0v) is 39.5. The number of nitrogens with one attached hydrogen (secondary N) is 1. The molecular weight excluding hydrogens is 731 g/mol. The molecule has 0 saturated carbocycles. The van der Waals surface area contributed by atoms with Gasteiger partial charge in [-0.2, -0.15) is 0 Å². The fourth-order valence-electron chi connectivity index (χ4n) is 7.92. The van der Waals surface area contributed by atoms with Crippen molar-refractivity contribution in [1.29, 1.82) is 0 Å². The topological polar surface area (TPSA) is 95.9 Å². The number of amides is 1. The third-order valence-corrected chi connectivity index (χ3v) is 12.0. The second-order valence-corrected chi connectivity index (χ2v) is 17.8. The molecule has 0 aliphatic heterocycles. The Labute approximate surface area is 367 Å². The average molecular weight is 832 g/mol. The van der Waals surface area contributed by atoms with Crippen molar-refractivity contribution in [1.82, 2.24) is 5.32 Å². The van der Waals surface area contributed by atoms with Crippen LogP contribution in [0.2, 0.25) is 0 Å². The van der Waals surface area contributed by atoms with Gasteiger partial charge in [-0.25, -0.2) is 0 Å². The Morgan fingerprint density at radius 3 is 1.20 bits per heavy atom. The smallest absolute Gasteiger partial charge is 0.305 e. The van der Waals surface area contributed by atoms with Gasteiger partial charge in [0.1, 0.15) is 0 Å². The van der Waals surface area contributed by atoms with Gasteiger partial charge in [0.05, 0.1) is 25.4 Å². The highest BCUT2D eigenvalue weighted by Gasteiger charge is 2.20. The van der Waals surface area contributed by atoms with Crippen LogP contribution in [-0.2, 0) is 14.3 Å². The lowest BCUT2D eigenvalue weighted by Gasteiger charge is -2.22. The minimum atomic E-state index is -0.686. The van der Waals surface area contributed by atoms with Crippen LogP contribution >= 0.6 is 0 Å². The van der Waals surface area contributed by atoms with Crippen LogP contribution < -0.4 is 5.32 Å². The van der Waals surface area contributed by atoms with E-state index in [1.54, 1.807) is 0 Å². The van der Waals surface area contributed by atoms with Gasteiger partial charge in [0.2, 0.25) is 5.91 Å². The second-order valence-electron chi connectivity index (χ2n) is 17.8. The van der Waals surface area contributed by atoms with E-state index in [1.165, 1.54) is 167 Å². The predicted octanol–water partition coefficient (Wildman–Crippen LogP) is 15.5. The number of ether oxygens (including phenoxy) is 1. The Balaban J connectivity index is 3.53. The molecule has 0 bridgehead atoms. The molecule has 59 heavy (non-hydrogen) atoms. The molecule has 0 heterocycles. The zero-order valence-electron chi connectivity index (χ0n) is 39.5. The SMILES string of the molecule is CCCCCCCC/C=C\CCCCCCCC(=O)OCCCC/C=C\CCCCCCC(=O)NC(CO)C(O)CCCCCCCCCCCCCCCCCCC. The molecule has 6 nitrogen and oxygen atoms in total. The number of aliphatic hydroxyl groups is 2. The lowest BCUT2D eigenvalue weighted by molar-refractivity contribution is -0.143. The van der Waals surface area contributed by atoms with Gasteiger partial charge in [0, 0.05) is 12.8 Å². The Hall–Kier alpha value is -1.66. The van der Waals surface area contributed by atoms with Crippen molar-refractivity contribution in [3.63, 3.8) is 0 Å². The molecule has 0 radical (unpaired) electrons. The van der Waals surface area contributed by atoms with E-state index in [9.17, 15) is 19.8 Å². The van der Waals surface area contributed by atoms with Crippen LogP contribution in [0.3, 0.4) is 0 Å². The van der Waals surface area contributed by atoms with E-state index in [1.807, 2.05) is 0 Å². The van der Waals surface area contributed by atoms with Crippen molar-refractivity contribution in [3.8, 4) is 0 Å². The highest BCUT2D eigenvalue weighted by molar-refractivity contribution is 5.76. The van der Waals surface area contributed by atoms with Gasteiger partial charge in [-0.1, -0.05) is 212 Å². The van der Waals surface area contributed by atoms with E-state index in [0.29, 0.717) is 25.9 Å². The van der Waals surface area contributed by atoms with Crippen LogP contribution in [0.15, 0.2) is 24.3 Å². The Bertz CT molecular complexity index is 920. The highest BCUT2D eigenvalue weighted by atomic mass is 16.5. The summed E-state index contributed by atoms with van der Waals surface area (Å²) in [6.07, 6.45) is 57.2. The number of carbonyl (C=O) groups excluding carboxylic acids is 2. The molecule has 0 aromatic heterocycles. The molecule has 348 valence electrons. The van der Waals surface area contributed by atoms with Crippen LogP contribution in [0.4, 0.5) is 0 Å². The first-order chi connectivity index (χ1) is 29.0. The van der Waals surface area contributed by atoms with E-state index in [4.69, 9.17) is 4.74 Å². The average Bonchev–Trinajstić information content (AvgIpc) is 3.24. The minimum Gasteiger partial charge on any atom is -0.466 e. The molecule has 1 amide bonds. The second kappa shape index (κ2) is 49.0. The summed E-state index contributed by atoms with van der Waals surface area (Å²) in [6.45, 7) is 4.86. The van der Waals surface area contributed by atoms with Gasteiger partial charge < -0.3 is 20.3 Å². The van der Waals surface area contributed by atoms with Gasteiger partial charge >= 0.3 is 5.97 Å². The molecule has 0 rings (SSSR count). The minimum absolute atomic E-state index is 0.0441. The van der Waals surface area contributed by atoms with Gasteiger partial charge in [0.15, 0.2) is 0 Å². The summed E-state index contributed by atoms with van der Waals surface area (Å²) in [5.74, 6) is -0.114. The fraction of sp³-hybridized carbons (Fsp3) is 0.887. The monoisotopic (exact) mass is 832 g/mol. The number of rotatable bonds is 48. The molecule has 3 N–H and O–H groups in total. The Kier molecular flexibility index (Phi) is 47.6. The molecule has 2 unspecified atom stereocenters. The standard InChI is InChI=1S/C53H101NO5/c1-3-5-7-9-11-13-15-17-19-20-22-23-25-29-33-37-41-45-51(56)50(49-55)54-52(57)46-42-38-34-30-27-28-32-36-40-44-48-59-53(58)47-43-39-35-31-26-24-21-18-16-14-12-10-8-6-4-2/h18,21,28,32,50-51,55-56H,3-17,19-20,22-27,29-31,33-49H2,1-2H3,(H,54,57)/b21-18-,32-28-. The molecule has 0 spiro atoms. The molecule has 0 aliphatic carbocycles. The van der Waals surface area contributed by atoms with Crippen molar-refractivity contribution < 1.29 is 24.5 Å². The number of aliphatic hydroxyl groups excluding tert-OH is 2. The van der Waals surface area contributed by atoms with Crippen LogP contribution in [-0.4, -0.2) is 47.4 Å². The van der Waals surface area contributed by atoms with Gasteiger partial charge in [-0.05, 0) is 77.0 Å². The van der Waals surface area contributed by atoms with E-state index in [0.717, 1.165) is 77.0 Å². The number of hydrogen-bond donors (Lipinski definition) is 3.